The number of hydrogen-bond donors (Lipinski definition) is 0. The molecule has 0 amide bonds. The van der Waals surface area contributed by atoms with Gasteiger partial charge in [0.1, 0.15) is 0 Å². The van der Waals surface area contributed by atoms with E-state index in [1.54, 1.807) is 7.11 Å². The minimum Gasteiger partial charge on any atom is -0.377 e. The van der Waals surface area contributed by atoms with Gasteiger partial charge in [-0.3, -0.25) is 0 Å². The predicted octanol–water partition coefficient (Wildman–Crippen LogP) is 3.82. The van der Waals surface area contributed by atoms with Gasteiger partial charge >= 0.3 is 0 Å². The molecule has 1 nitrogen and oxygen atoms in total. The minimum atomic E-state index is 0.212. The second-order valence-corrected chi connectivity index (χ2v) is 5.19. The maximum absolute atomic E-state index is 5.35. The molecule has 2 heteroatoms. The molecule has 0 bridgehead atoms. The van der Waals surface area contributed by atoms with Crippen molar-refractivity contribution >= 4 is 11.8 Å². The van der Waals surface area contributed by atoms with Crippen LogP contribution in [0.2, 0.25) is 0 Å². The molecule has 1 aromatic carbocycles. The van der Waals surface area contributed by atoms with Crippen molar-refractivity contribution in [1.29, 1.82) is 0 Å². The molecule has 1 aliphatic heterocycles. The van der Waals surface area contributed by atoms with Gasteiger partial charge in [-0.1, -0.05) is 12.1 Å². The number of hydrogen-bond acceptors (Lipinski definition) is 2. The quantitative estimate of drug-likeness (QED) is 0.752. The molecule has 1 heterocycles. The summed E-state index contributed by atoms with van der Waals surface area (Å²) in [4.78, 5) is 1.47. The van der Waals surface area contributed by atoms with E-state index in [0.29, 0.717) is 0 Å². The van der Waals surface area contributed by atoms with Crippen molar-refractivity contribution in [2.24, 2.45) is 0 Å². The van der Waals surface area contributed by atoms with E-state index in [-0.39, 0.29) is 6.10 Å². The zero-order valence-corrected chi connectivity index (χ0v) is 10.3. The Morgan fingerprint density at radius 1 is 1.33 bits per heavy atom. The maximum Gasteiger partial charge on any atom is 0.0793 e. The Morgan fingerprint density at radius 2 is 2.20 bits per heavy atom. The van der Waals surface area contributed by atoms with E-state index < -0.39 is 0 Å². The van der Waals surface area contributed by atoms with Crippen LogP contribution in [0.3, 0.4) is 0 Å². The Bertz CT molecular complexity index is 335. The Balaban J connectivity index is 2.27. The van der Waals surface area contributed by atoms with Crippen molar-refractivity contribution in [3.05, 3.63) is 29.3 Å². The van der Waals surface area contributed by atoms with Crippen molar-refractivity contribution in [2.45, 2.75) is 37.2 Å². The molecule has 0 spiro atoms. The second-order valence-electron chi connectivity index (χ2n) is 4.05. The summed E-state index contributed by atoms with van der Waals surface area (Å²) < 4.78 is 5.35. The zero-order chi connectivity index (χ0) is 10.7. The molecule has 0 aliphatic carbocycles. The standard InChI is InChI=1S/C13H18OS/c1-10(14-2)11-6-7-13-12(9-11)5-3-4-8-15-13/h6-7,9-10H,3-5,8H2,1-2H3. The summed E-state index contributed by atoms with van der Waals surface area (Å²) in [7, 11) is 1.77. The molecule has 0 radical (unpaired) electrons. The van der Waals surface area contributed by atoms with E-state index in [1.165, 1.54) is 41.0 Å². The highest BCUT2D eigenvalue weighted by atomic mass is 32.2. The third-order valence-electron chi connectivity index (χ3n) is 3.01. The topological polar surface area (TPSA) is 9.23 Å². The van der Waals surface area contributed by atoms with Crippen molar-refractivity contribution in [2.75, 3.05) is 12.9 Å². The van der Waals surface area contributed by atoms with Crippen molar-refractivity contribution in [3.63, 3.8) is 0 Å². The highest BCUT2D eigenvalue weighted by Crippen LogP contribution is 2.31. The van der Waals surface area contributed by atoms with E-state index in [4.69, 9.17) is 4.74 Å². The van der Waals surface area contributed by atoms with Crippen LogP contribution < -0.4 is 0 Å². The molecule has 82 valence electrons. The van der Waals surface area contributed by atoms with E-state index in [1.807, 2.05) is 11.8 Å². The molecule has 15 heavy (non-hydrogen) atoms. The predicted molar refractivity (Wildman–Crippen MR) is 65.5 cm³/mol. The van der Waals surface area contributed by atoms with Crippen LogP contribution in [0.1, 0.15) is 37.0 Å². The fraction of sp³-hybridized carbons (Fsp3) is 0.538. The van der Waals surface area contributed by atoms with Gasteiger partial charge in [-0.05, 0) is 49.1 Å². The third kappa shape index (κ3) is 2.56. The Labute approximate surface area is 96.2 Å². The lowest BCUT2D eigenvalue weighted by Crippen LogP contribution is -1.97. The van der Waals surface area contributed by atoms with Gasteiger partial charge in [0.2, 0.25) is 0 Å². The number of methoxy groups -OCH3 is 1. The summed E-state index contributed by atoms with van der Waals surface area (Å²) in [6.07, 6.45) is 4.11. The van der Waals surface area contributed by atoms with Crippen LogP contribution in [0.25, 0.3) is 0 Å². The zero-order valence-electron chi connectivity index (χ0n) is 9.45. The van der Waals surface area contributed by atoms with Gasteiger partial charge in [-0.15, -0.1) is 11.8 Å². The number of aryl methyl sites for hydroxylation is 1. The van der Waals surface area contributed by atoms with Crippen LogP contribution in [0, 0.1) is 0 Å². The van der Waals surface area contributed by atoms with E-state index >= 15 is 0 Å². The lowest BCUT2D eigenvalue weighted by molar-refractivity contribution is 0.119. The molecule has 0 aromatic heterocycles. The molecule has 0 N–H and O–H groups in total. The Hall–Kier alpha value is -0.470. The molecule has 0 saturated carbocycles. The first kappa shape index (κ1) is 11.0. The largest absolute Gasteiger partial charge is 0.377 e. The highest BCUT2D eigenvalue weighted by molar-refractivity contribution is 7.99. The number of benzene rings is 1. The number of rotatable bonds is 2. The molecular formula is C13H18OS. The van der Waals surface area contributed by atoms with Gasteiger partial charge in [0.15, 0.2) is 0 Å². The van der Waals surface area contributed by atoms with Crippen LogP contribution >= 0.6 is 11.8 Å². The monoisotopic (exact) mass is 222 g/mol. The molecule has 0 fully saturated rings. The number of ether oxygens (including phenoxy) is 1. The summed E-state index contributed by atoms with van der Waals surface area (Å²) in [5.41, 5.74) is 2.82. The molecular weight excluding hydrogens is 204 g/mol. The van der Waals surface area contributed by atoms with Crippen LogP contribution in [0.15, 0.2) is 23.1 Å². The van der Waals surface area contributed by atoms with Gasteiger partial charge in [0, 0.05) is 12.0 Å². The lowest BCUT2D eigenvalue weighted by Gasteiger charge is -2.13. The SMILES string of the molecule is COC(C)c1ccc2c(c1)CCCCS2. The molecule has 1 aliphatic rings. The fourth-order valence-electron chi connectivity index (χ4n) is 1.92. The average Bonchev–Trinajstić information content (AvgIpc) is 2.51. The number of thioether (sulfide) groups is 1. The summed E-state index contributed by atoms with van der Waals surface area (Å²) in [6, 6.07) is 6.78. The Morgan fingerprint density at radius 3 is 3.00 bits per heavy atom. The van der Waals surface area contributed by atoms with E-state index in [9.17, 15) is 0 Å². The minimum absolute atomic E-state index is 0.212. The van der Waals surface area contributed by atoms with Gasteiger partial charge in [-0.2, -0.15) is 0 Å². The van der Waals surface area contributed by atoms with Gasteiger partial charge < -0.3 is 4.74 Å². The molecule has 0 saturated heterocycles. The smallest absolute Gasteiger partial charge is 0.0793 e. The first-order valence-electron chi connectivity index (χ1n) is 5.59. The summed E-state index contributed by atoms with van der Waals surface area (Å²) >= 11 is 2.00. The average molecular weight is 222 g/mol. The van der Waals surface area contributed by atoms with Crippen LogP contribution in [-0.2, 0) is 11.2 Å². The normalized spacial score (nSPS) is 18.0. The van der Waals surface area contributed by atoms with E-state index in [2.05, 4.69) is 25.1 Å². The first-order valence-corrected chi connectivity index (χ1v) is 6.58. The fourth-order valence-corrected chi connectivity index (χ4v) is 3.00. The van der Waals surface area contributed by atoms with Crippen LogP contribution in [0.5, 0.6) is 0 Å². The van der Waals surface area contributed by atoms with Crippen molar-refractivity contribution < 1.29 is 4.74 Å². The molecule has 1 atom stereocenters. The summed E-state index contributed by atoms with van der Waals surface area (Å²) in [6.45, 7) is 2.10. The van der Waals surface area contributed by atoms with E-state index in [0.717, 1.165) is 0 Å². The molecule has 1 unspecified atom stereocenters. The third-order valence-corrected chi connectivity index (χ3v) is 4.21. The lowest BCUT2D eigenvalue weighted by atomic mass is 10.0. The van der Waals surface area contributed by atoms with Crippen molar-refractivity contribution in [1.82, 2.24) is 0 Å². The number of fused-ring (bicyclic) bond motifs is 1. The summed E-state index contributed by atoms with van der Waals surface area (Å²) in [5, 5.41) is 0. The van der Waals surface area contributed by atoms with Gasteiger partial charge in [0.05, 0.1) is 6.10 Å². The van der Waals surface area contributed by atoms with Gasteiger partial charge in [0.25, 0.3) is 0 Å². The van der Waals surface area contributed by atoms with Crippen molar-refractivity contribution in [3.8, 4) is 0 Å². The first-order chi connectivity index (χ1) is 7.31. The maximum atomic E-state index is 5.35. The molecule has 1 aromatic rings. The molecule has 2 rings (SSSR count). The summed E-state index contributed by atoms with van der Waals surface area (Å²) in [5.74, 6) is 1.27. The van der Waals surface area contributed by atoms with Crippen LogP contribution in [0.4, 0.5) is 0 Å². The van der Waals surface area contributed by atoms with Gasteiger partial charge in [-0.25, -0.2) is 0 Å². The second kappa shape index (κ2) is 5.04. The Kier molecular flexibility index (Phi) is 3.71. The van der Waals surface area contributed by atoms with Crippen LogP contribution in [-0.4, -0.2) is 12.9 Å². The highest BCUT2D eigenvalue weighted by Gasteiger charge is 2.11.